The van der Waals surface area contributed by atoms with Crippen molar-refractivity contribution in [3.05, 3.63) is 36.0 Å². The van der Waals surface area contributed by atoms with Crippen LogP contribution in [-0.2, 0) is 6.18 Å². The summed E-state index contributed by atoms with van der Waals surface area (Å²) in [6.07, 6.45) is -2.53. The maximum Gasteiger partial charge on any atom is 0.433 e. The molecule has 0 saturated heterocycles. The molecular weight excluding hydrogens is 253 g/mol. The molecular formula is C9H5F3N4O2. The Morgan fingerprint density at radius 1 is 1.33 bits per heavy atom. The van der Waals surface area contributed by atoms with Crippen LogP contribution in [0.25, 0.3) is 5.82 Å². The lowest BCUT2D eigenvalue weighted by Gasteiger charge is -2.09. The Morgan fingerprint density at radius 2 is 2.06 bits per heavy atom. The van der Waals surface area contributed by atoms with Crippen molar-refractivity contribution in [2.24, 2.45) is 0 Å². The molecule has 0 amide bonds. The molecule has 0 unspecified atom stereocenters. The van der Waals surface area contributed by atoms with E-state index in [0.717, 1.165) is 23.4 Å². The molecule has 94 valence electrons. The number of rotatable bonds is 2. The van der Waals surface area contributed by atoms with Crippen LogP contribution in [0, 0.1) is 0 Å². The highest BCUT2D eigenvalue weighted by atomic mass is 19.4. The van der Waals surface area contributed by atoms with E-state index in [4.69, 9.17) is 5.11 Å². The lowest BCUT2D eigenvalue weighted by atomic mass is 10.2. The van der Waals surface area contributed by atoms with E-state index in [2.05, 4.69) is 15.1 Å². The first-order valence-corrected chi connectivity index (χ1v) is 4.56. The molecule has 0 aliphatic carbocycles. The molecule has 0 aliphatic rings. The van der Waals surface area contributed by atoms with Gasteiger partial charge in [0.05, 0.1) is 0 Å². The minimum Gasteiger partial charge on any atom is -0.478 e. The lowest BCUT2D eigenvalue weighted by Crippen LogP contribution is -2.14. The van der Waals surface area contributed by atoms with E-state index in [1.807, 2.05) is 0 Å². The van der Waals surface area contributed by atoms with E-state index in [-0.39, 0.29) is 0 Å². The molecule has 0 atom stereocenters. The van der Waals surface area contributed by atoms with Gasteiger partial charge in [-0.15, -0.1) is 0 Å². The van der Waals surface area contributed by atoms with Gasteiger partial charge in [-0.05, 0) is 12.1 Å². The van der Waals surface area contributed by atoms with E-state index >= 15 is 0 Å². The van der Waals surface area contributed by atoms with E-state index in [1.165, 1.54) is 0 Å². The van der Waals surface area contributed by atoms with Crippen LogP contribution in [0.5, 0.6) is 0 Å². The monoisotopic (exact) mass is 258 g/mol. The number of aromatic nitrogens is 4. The summed E-state index contributed by atoms with van der Waals surface area (Å²) in [7, 11) is 0. The molecule has 6 nitrogen and oxygen atoms in total. The van der Waals surface area contributed by atoms with Gasteiger partial charge in [-0.2, -0.15) is 18.3 Å². The average Bonchev–Trinajstić information content (AvgIpc) is 2.80. The summed E-state index contributed by atoms with van der Waals surface area (Å²) in [5, 5.41) is 12.4. The number of carboxylic acids is 1. The van der Waals surface area contributed by atoms with Crippen LogP contribution in [0.1, 0.15) is 16.1 Å². The maximum absolute atomic E-state index is 12.5. The third kappa shape index (κ3) is 2.14. The topological polar surface area (TPSA) is 80.9 Å². The molecule has 0 saturated carbocycles. The highest BCUT2D eigenvalue weighted by molar-refractivity contribution is 5.91. The van der Waals surface area contributed by atoms with Gasteiger partial charge in [0.25, 0.3) is 0 Å². The van der Waals surface area contributed by atoms with E-state index in [9.17, 15) is 18.0 Å². The third-order valence-electron chi connectivity index (χ3n) is 2.03. The number of carbonyl (C=O) groups is 1. The molecule has 0 radical (unpaired) electrons. The molecule has 18 heavy (non-hydrogen) atoms. The van der Waals surface area contributed by atoms with Crippen LogP contribution in [0.15, 0.2) is 24.8 Å². The Labute approximate surface area is 97.7 Å². The van der Waals surface area contributed by atoms with Crippen molar-refractivity contribution in [1.29, 1.82) is 0 Å². The van der Waals surface area contributed by atoms with Gasteiger partial charge in [0.1, 0.15) is 23.9 Å². The second-order valence-electron chi connectivity index (χ2n) is 3.21. The van der Waals surface area contributed by atoms with Crippen LogP contribution in [0.4, 0.5) is 13.2 Å². The Hall–Kier alpha value is -2.45. The zero-order valence-corrected chi connectivity index (χ0v) is 8.59. The van der Waals surface area contributed by atoms with E-state index in [1.54, 1.807) is 0 Å². The molecule has 1 N–H and O–H groups in total. The zero-order chi connectivity index (χ0) is 13.3. The van der Waals surface area contributed by atoms with Crippen molar-refractivity contribution in [3.8, 4) is 5.82 Å². The molecule has 0 spiro atoms. The Bertz CT molecular complexity index is 580. The number of pyridine rings is 1. The van der Waals surface area contributed by atoms with Crippen molar-refractivity contribution >= 4 is 5.97 Å². The molecule has 2 heterocycles. The normalized spacial score (nSPS) is 11.5. The summed E-state index contributed by atoms with van der Waals surface area (Å²) in [5.74, 6) is -1.84. The molecule has 0 aliphatic heterocycles. The predicted molar refractivity (Wildman–Crippen MR) is 51.1 cm³/mol. The number of hydrogen-bond donors (Lipinski definition) is 1. The van der Waals surface area contributed by atoms with Gasteiger partial charge >= 0.3 is 12.1 Å². The van der Waals surface area contributed by atoms with Gasteiger partial charge in [-0.1, -0.05) is 0 Å². The summed E-state index contributed by atoms with van der Waals surface area (Å²) >= 11 is 0. The number of nitrogens with zero attached hydrogens (tertiary/aromatic N) is 4. The number of aromatic carboxylic acids is 1. The van der Waals surface area contributed by atoms with Crippen molar-refractivity contribution in [3.63, 3.8) is 0 Å². The molecule has 0 bridgehead atoms. The van der Waals surface area contributed by atoms with Crippen molar-refractivity contribution < 1.29 is 23.1 Å². The molecule has 2 rings (SSSR count). The second-order valence-corrected chi connectivity index (χ2v) is 3.21. The SMILES string of the molecule is O=C(O)c1ccc(C(F)(F)F)nc1-n1cncn1. The molecule has 9 heteroatoms. The number of hydrogen-bond acceptors (Lipinski definition) is 4. The fourth-order valence-corrected chi connectivity index (χ4v) is 1.27. The lowest BCUT2D eigenvalue weighted by molar-refractivity contribution is -0.141. The molecule has 2 aromatic rings. The van der Waals surface area contributed by atoms with Crippen LogP contribution in [0.2, 0.25) is 0 Å². The highest BCUT2D eigenvalue weighted by Crippen LogP contribution is 2.28. The molecule has 0 aromatic carbocycles. The van der Waals surface area contributed by atoms with E-state index in [0.29, 0.717) is 6.07 Å². The van der Waals surface area contributed by atoms with Crippen LogP contribution in [0.3, 0.4) is 0 Å². The maximum atomic E-state index is 12.5. The first-order chi connectivity index (χ1) is 8.39. The van der Waals surface area contributed by atoms with Gasteiger partial charge < -0.3 is 5.11 Å². The van der Waals surface area contributed by atoms with Gasteiger partial charge in [0, 0.05) is 0 Å². The minimum atomic E-state index is -4.66. The Kier molecular flexibility index (Phi) is 2.73. The summed E-state index contributed by atoms with van der Waals surface area (Å²) < 4.78 is 38.3. The van der Waals surface area contributed by atoms with Crippen LogP contribution in [-0.4, -0.2) is 30.8 Å². The van der Waals surface area contributed by atoms with Gasteiger partial charge in [0.2, 0.25) is 0 Å². The first kappa shape index (κ1) is 12.0. The first-order valence-electron chi connectivity index (χ1n) is 4.56. The Balaban J connectivity index is 2.63. The molecule has 2 aromatic heterocycles. The fourth-order valence-electron chi connectivity index (χ4n) is 1.27. The smallest absolute Gasteiger partial charge is 0.433 e. The summed E-state index contributed by atoms with van der Waals surface area (Å²) in [6, 6.07) is 1.43. The van der Waals surface area contributed by atoms with Crippen LogP contribution < -0.4 is 0 Å². The standard InChI is InChI=1S/C9H5F3N4O2/c10-9(11,12)6-2-1-5(8(17)18)7(15-6)16-4-13-3-14-16/h1-4H,(H,17,18). The van der Waals surface area contributed by atoms with E-state index < -0.39 is 29.2 Å². The van der Waals surface area contributed by atoms with Gasteiger partial charge in [-0.3, -0.25) is 0 Å². The molecule has 0 fully saturated rings. The van der Waals surface area contributed by atoms with Crippen molar-refractivity contribution in [2.45, 2.75) is 6.18 Å². The largest absolute Gasteiger partial charge is 0.478 e. The number of carboxylic acid groups (broad SMARTS) is 1. The number of halogens is 3. The number of alkyl halides is 3. The minimum absolute atomic E-state index is 0.395. The summed E-state index contributed by atoms with van der Waals surface area (Å²) in [5.41, 5.74) is -1.59. The third-order valence-corrected chi connectivity index (χ3v) is 2.03. The predicted octanol–water partition coefficient (Wildman–Crippen LogP) is 1.38. The van der Waals surface area contributed by atoms with Gasteiger partial charge in [0.15, 0.2) is 5.82 Å². The van der Waals surface area contributed by atoms with Crippen LogP contribution >= 0.6 is 0 Å². The zero-order valence-electron chi connectivity index (χ0n) is 8.59. The Morgan fingerprint density at radius 3 is 2.56 bits per heavy atom. The van der Waals surface area contributed by atoms with Crippen molar-refractivity contribution in [2.75, 3.05) is 0 Å². The second kappa shape index (κ2) is 4.09. The fraction of sp³-hybridized carbons (Fsp3) is 0.111. The highest BCUT2D eigenvalue weighted by Gasteiger charge is 2.33. The summed E-state index contributed by atoms with van der Waals surface area (Å²) in [4.78, 5) is 17.7. The summed E-state index contributed by atoms with van der Waals surface area (Å²) in [6.45, 7) is 0. The quantitative estimate of drug-likeness (QED) is 0.880. The average molecular weight is 258 g/mol. The van der Waals surface area contributed by atoms with Crippen molar-refractivity contribution in [1.82, 2.24) is 19.7 Å². The van der Waals surface area contributed by atoms with Gasteiger partial charge in [-0.25, -0.2) is 19.4 Å².